The normalized spacial score (nSPS) is 16.2. The van der Waals surface area contributed by atoms with Crippen LogP contribution in [0.3, 0.4) is 0 Å². The number of amides is 1. The lowest BCUT2D eigenvalue weighted by molar-refractivity contribution is -0.129. The number of likely N-dealkylation sites (tertiary alicyclic amines) is 1. The first-order chi connectivity index (χ1) is 14.6. The Kier molecular flexibility index (Phi) is 6.29. The monoisotopic (exact) mass is 445 g/mol. The van der Waals surface area contributed by atoms with Crippen molar-refractivity contribution in [3.63, 3.8) is 0 Å². The van der Waals surface area contributed by atoms with Crippen LogP contribution in [0, 0.1) is 0 Å². The Balaban J connectivity index is 1.40. The molecule has 30 heavy (non-hydrogen) atoms. The van der Waals surface area contributed by atoms with E-state index in [9.17, 15) is 9.59 Å². The lowest BCUT2D eigenvalue weighted by atomic mass is 10.0. The average molecular weight is 446 g/mol. The van der Waals surface area contributed by atoms with Crippen molar-refractivity contribution in [1.29, 1.82) is 0 Å². The van der Waals surface area contributed by atoms with Gasteiger partial charge in [-0.05, 0) is 30.5 Å². The molecule has 1 fully saturated rings. The molecule has 0 spiro atoms. The smallest absolute Gasteiger partial charge is 0.258 e. The Hall–Kier alpha value is -2.52. The van der Waals surface area contributed by atoms with E-state index >= 15 is 0 Å². The third-order valence-corrected chi connectivity index (χ3v) is 6.90. The Morgan fingerprint density at radius 1 is 1.27 bits per heavy atom. The van der Waals surface area contributed by atoms with E-state index in [1.165, 1.54) is 27.5 Å². The van der Waals surface area contributed by atoms with Gasteiger partial charge >= 0.3 is 0 Å². The third-order valence-electron chi connectivity index (χ3n) is 5.20. The molecule has 3 aromatic rings. The van der Waals surface area contributed by atoms with E-state index in [-0.39, 0.29) is 17.5 Å². The first kappa shape index (κ1) is 20.7. The topological polar surface area (TPSA) is 73.1 Å². The first-order valence-corrected chi connectivity index (χ1v) is 11.7. The summed E-state index contributed by atoms with van der Waals surface area (Å²) in [5.41, 5.74) is 1.68. The largest absolute Gasteiger partial charge is 0.493 e. The number of carbonyl (C=O) groups is 1. The molecular formula is C21H23N3O4S2. The van der Waals surface area contributed by atoms with Crippen LogP contribution in [0.2, 0.25) is 0 Å². The standard InChI is InChI=1S/C21H23N3O4S2/c1-27-17-6-5-14(10-18(17)28-2)16-4-3-7-23(16)20(26)13-29-12-15-11-19(25)24-8-9-30-21(24)22-15/h5-6,8-11,16H,3-4,7,12-13H2,1-2H3/t16-/m1/s1. The minimum absolute atomic E-state index is 0.0446. The molecule has 1 aliphatic rings. The van der Waals surface area contributed by atoms with E-state index in [4.69, 9.17) is 9.47 Å². The molecule has 0 bridgehead atoms. The van der Waals surface area contributed by atoms with Gasteiger partial charge in [-0.2, -0.15) is 0 Å². The number of thiazole rings is 1. The van der Waals surface area contributed by atoms with Crippen LogP contribution in [0.1, 0.15) is 30.1 Å². The second-order valence-corrected chi connectivity index (χ2v) is 8.85. The molecule has 0 saturated carbocycles. The number of carbonyl (C=O) groups excluding carboxylic acids is 1. The van der Waals surface area contributed by atoms with Crippen LogP contribution in [-0.4, -0.2) is 46.7 Å². The van der Waals surface area contributed by atoms with E-state index in [1.54, 1.807) is 26.5 Å². The number of hydrogen-bond acceptors (Lipinski definition) is 7. The van der Waals surface area contributed by atoms with Crippen LogP contribution in [0.25, 0.3) is 4.96 Å². The van der Waals surface area contributed by atoms with Gasteiger partial charge in [-0.15, -0.1) is 23.1 Å². The molecule has 0 unspecified atom stereocenters. The third kappa shape index (κ3) is 4.17. The molecule has 0 N–H and O–H groups in total. The predicted molar refractivity (Wildman–Crippen MR) is 119 cm³/mol. The van der Waals surface area contributed by atoms with Gasteiger partial charge in [0.25, 0.3) is 5.56 Å². The molecule has 0 radical (unpaired) electrons. The molecule has 3 heterocycles. The number of aromatic nitrogens is 2. The van der Waals surface area contributed by atoms with Crippen molar-refractivity contribution in [3.8, 4) is 11.5 Å². The zero-order valence-electron chi connectivity index (χ0n) is 16.9. The Morgan fingerprint density at radius 2 is 2.10 bits per heavy atom. The van der Waals surface area contributed by atoms with Gasteiger partial charge in [0.05, 0.1) is 31.7 Å². The Morgan fingerprint density at radius 3 is 2.90 bits per heavy atom. The van der Waals surface area contributed by atoms with Gasteiger partial charge in [0.1, 0.15) is 0 Å². The summed E-state index contributed by atoms with van der Waals surface area (Å²) in [4.78, 5) is 32.1. The fourth-order valence-corrected chi connectivity index (χ4v) is 5.30. The second kappa shape index (κ2) is 9.09. The zero-order valence-corrected chi connectivity index (χ0v) is 18.5. The lowest BCUT2D eigenvalue weighted by Gasteiger charge is -2.25. The van der Waals surface area contributed by atoms with Gasteiger partial charge in [-0.3, -0.25) is 14.0 Å². The van der Waals surface area contributed by atoms with E-state index < -0.39 is 0 Å². The quantitative estimate of drug-likeness (QED) is 0.555. The SMILES string of the molecule is COc1ccc([C@H]2CCCN2C(=O)CSCc2cc(=O)n3ccsc3n2)cc1OC. The van der Waals surface area contributed by atoms with Crippen molar-refractivity contribution in [3.05, 3.63) is 57.5 Å². The van der Waals surface area contributed by atoms with Crippen molar-refractivity contribution in [1.82, 2.24) is 14.3 Å². The summed E-state index contributed by atoms with van der Waals surface area (Å²) in [6, 6.07) is 7.42. The highest BCUT2D eigenvalue weighted by molar-refractivity contribution is 7.99. The number of benzene rings is 1. The van der Waals surface area contributed by atoms with Crippen molar-refractivity contribution < 1.29 is 14.3 Å². The van der Waals surface area contributed by atoms with Gasteiger partial charge in [-0.25, -0.2) is 4.98 Å². The summed E-state index contributed by atoms with van der Waals surface area (Å²) >= 11 is 2.92. The molecule has 1 aromatic carbocycles. The second-order valence-electron chi connectivity index (χ2n) is 6.99. The summed E-state index contributed by atoms with van der Waals surface area (Å²) in [5, 5.41) is 1.84. The highest BCUT2D eigenvalue weighted by atomic mass is 32.2. The predicted octanol–water partition coefficient (Wildman–Crippen LogP) is 3.37. The molecule has 1 saturated heterocycles. The van der Waals surface area contributed by atoms with Gasteiger partial charge in [-0.1, -0.05) is 6.07 Å². The Labute approximate surface area is 182 Å². The number of hydrogen-bond donors (Lipinski definition) is 0. The fraction of sp³-hybridized carbons (Fsp3) is 0.381. The van der Waals surface area contributed by atoms with Crippen LogP contribution >= 0.6 is 23.1 Å². The highest BCUT2D eigenvalue weighted by Crippen LogP contribution is 2.37. The van der Waals surface area contributed by atoms with E-state index in [0.29, 0.717) is 33.7 Å². The maximum Gasteiger partial charge on any atom is 0.258 e. The molecule has 2 aromatic heterocycles. The van der Waals surface area contributed by atoms with Crippen LogP contribution in [-0.2, 0) is 10.5 Å². The lowest BCUT2D eigenvalue weighted by Crippen LogP contribution is -2.32. The van der Waals surface area contributed by atoms with E-state index in [1.807, 2.05) is 28.5 Å². The number of fused-ring (bicyclic) bond motifs is 1. The summed E-state index contributed by atoms with van der Waals surface area (Å²) in [5.74, 6) is 2.34. The van der Waals surface area contributed by atoms with Crippen LogP contribution in [0.4, 0.5) is 0 Å². The summed E-state index contributed by atoms with van der Waals surface area (Å²) in [6.45, 7) is 0.749. The van der Waals surface area contributed by atoms with Gasteiger partial charge in [0.15, 0.2) is 16.5 Å². The van der Waals surface area contributed by atoms with Crippen LogP contribution in [0.15, 0.2) is 40.6 Å². The molecule has 1 amide bonds. The molecule has 0 aliphatic carbocycles. The molecule has 1 aliphatic heterocycles. The van der Waals surface area contributed by atoms with Crippen molar-refractivity contribution in [2.45, 2.75) is 24.6 Å². The van der Waals surface area contributed by atoms with Crippen molar-refractivity contribution in [2.75, 3.05) is 26.5 Å². The summed E-state index contributed by atoms with van der Waals surface area (Å²) in [7, 11) is 3.23. The summed E-state index contributed by atoms with van der Waals surface area (Å²) in [6.07, 6.45) is 3.62. The maximum absolute atomic E-state index is 12.9. The molecule has 9 heteroatoms. The van der Waals surface area contributed by atoms with Gasteiger partial charge in [0.2, 0.25) is 5.91 Å². The molecule has 4 rings (SSSR count). The Bertz CT molecular complexity index is 1110. The number of ether oxygens (including phenoxy) is 2. The molecular weight excluding hydrogens is 422 g/mol. The number of nitrogens with zero attached hydrogens (tertiary/aromatic N) is 3. The fourth-order valence-electron chi connectivity index (χ4n) is 3.76. The first-order valence-electron chi connectivity index (χ1n) is 9.65. The van der Waals surface area contributed by atoms with E-state index in [0.717, 1.165) is 24.9 Å². The zero-order chi connectivity index (χ0) is 21.1. The minimum Gasteiger partial charge on any atom is -0.493 e. The number of methoxy groups -OCH3 is 2. The molecule has 158 valence electrons. The van der Waals surface area contributed by atoms with Gasteiger partial charge in [0, 0.05) is 29.9 Å². The summed E-state index contributed by atoms with van der Waals surface area (Å²) < 4.78 is 12.3. The number of thioether (sulfide) groups is 1. The minimum atomic E-state index is -0.0868. The van der Waals surface area contributed by atoms with Crippen molar-refractivity contribution >= 4 is 34.0 Å². The number of rotatable bonds is 7. The van der Waals surface area contributed by atoms with Crippen LogP contribution in [0.5, 0.6) is 11.5 Å². The van der Waals surface area contributed by atoms with Crippen LogP contribution < -0.4 is 15.0 Å². The molecule has 7 nitrogen and oxygen atoms in total. The maximum atomic E-state index is 12.9. The van der Waals surface area contributed by atoms with E-state index in [2.05, 4.69) is 4.98 Å². The average Bonchev–Trinajstić information content (AvgIpc) is 3.43. The molecule has 1 atom stereocenters. The van der Waals surface area contributed by atoms with Crippen molar-refractivity contribution in [2.24, 2.45) is 0 Å². The highest BCUT2D eigenvalue weighted by Gasteiger charge is 2.30. The van der Waals surface area contributed by atoms with Gasteiger partial charge < -0.3 is 14.4 Å².